The van der Waals surface area contributed by atoms with E-state index in [1.54, 1.807) is 25.3 Å². The van der Waals surface area contributed by atoms with Crippen molar-refractivity contribution in [3.8, 4) is 0 Å². The molecule has 2 aromatic rings. The van der Waals surface area contributed by atoms with E-state index in [2.05, 4.69) is 4.98 Å². The molecule has 0 unspecified atom stereocenters. The molecule has 6 heteroatoms. The van der Waals surface area contributed by atoms with Gasteiger partial charge in [-0.15, -0.1) is 3.89 Å². The van der Waals surface area contributed by atoms with Crippen molar-refractivity contribution in [3.05, 3.63) is 30.1 Å². The van der Waals surface area contributed by atoms with Gasteiger partial charge in [-0.05, 0) is 25.1 Å². The van der Waals surface area contributed by atoms with Crippen molar-refractivity contribution in [2.45, 2.75) is 6.92 Å². The highest BCUT2D eigenvalue weighted by Gasteiger charge is 2.17. The summed E-state index contributed by atoms with van der Waals surface area (Å²) in [4.78, 5) is 15.6. The van der Waals surface area contributed by atoms with Crippen LogP contribution in [0.2, 0.25) is 0 Å². The number of pyridine rings is 1. The first-order valence-corrected chi connectivity index (χ1v) is 5.38. The Bertz CT molecular complexity index is 527. The molecule has 0 N–H and O–H groups in total. The van der Waals surface area contributed by atoms with Crippen molar-refractivity contribution < 1.29 is 13.4 Å². The highest BCUT2D eigenvalue weighted by molar-refractivity contribution is 7.93. The molecule has 0 bridgehead atoms. The van der Waals surface area contributed by atoms with Crippen LogP contribution >= 0.6 is 12.3 Å². The Labute approximate surface area is 95.8 Å². The number of fused-ring (bicyclic) bond motifs is 1. The molecule has 0 saturated heterocycles. The smallest absolute Gasteiger partial charge is 0.356 e. The summed E-state index contributed by atoms with van der Waals surface area (Å²) in [5.74, 6) is -0.550. The van der Waals surface area contributed by atoms with E-state index in [-0.39, 0.29) is 24.6 Å². The molecule has 2 rings (SSSR count). The predicted octanol–water partition coefficient (Wildman–Crippen LogP) is 2.59. The fraction of sp³-hybridized carbons (Fsp3) is 0.200. The molecular weight excluding hydrogens is 231 g/mol. The van der Waals surface area contributed by atoms with Crippen molar-refractivity contribution in [2.24, 2.45) is 0 Å². The molecule has 0 saturated carbocycles. The molecule has 0 radical (unpaired) electrons. The monoisotopic (exact) mass is 240 g/mol. The van der Waals surface area contributed by atoms with Gasteiger partial charge in [-0.25, -0.2) is 8.77 Å². The van der Waals surface area contributed by atoms with Gasteiger partial charge in [-0.3, -0.25) is 4.98 Å². The summed E-state index contributed by atoms with van der Waals surface area (Å²) in [5.41, 5.74) is 1.27. The molecule has 0 spiro atoms. The molecule has 84 valence electrons. The van der Waals surface area contributed by atoms with Gasteiger partial charge in [-0.2, -0.15) is 0 Å². The lowest BCUT2D eigenvalue weighted by atomic mass is 10.4. The molecule has 0 aliphatic rings. The molecule has 2 heterocycles. The van der Waals surface area contributed by atoms with Crippen molar-refractivity contribution in [1.29, 1.82) is 0 Å². The first-order valence-electron chi connectivity index (χ1n) is 4.70. The van der Waals surface area contributed by atoms with Crippen LogP contribution < -0.4 is 0 Å². The number of rotatable bonds is 3. The Morgan fingerprint density at radius 3 is 3.19 bits per heavy atom. The second-order valence-electron chi connectivity index (χ2n) is 3.02. The van der Waals surface area contributed by atoms with Crippen LogP contribution in [0.4, 0.5) is 3.89 Å². The average molecular weight is 240 g/mol. The molecule has 2 aromatic heterocycles. The number of ether oxygens (including phenoxy) is 1. The third kappa shape index (κ3) is 1.76. The zero-order valence-corrected chi connectivity index (χ0v) is 9.33. The van der Waals surface area contributed by atoms with Gasteiger partial charge < -0.3 is 4.74 Å². The zero-order valence-electron chi connectivity index (χ0n) is 8.51. The van der Waals surface area contributed by atoms with E-state index in [0.29, 0.717) is 11.0 Å². The first-order chi connectivity index (χ1) is 7.77. The normalized spacial score (nSPS) is 10.6. The van der Waals surface area contributed by atoms with Crippen LogP contribution in [0.3, 0.4) is 0 Å². The summed E-state index contributed by atoms with van der Waals surface area (Å²) in [6.45, 7) is 1.95. The minimum Gasteiger partial charge on any atom is -0.461 e. The predicted molar refractivity (Wildman–Crippen MR) is 59.8 cm³/mol. The number of hydrogen-bond donors (Lipinski definition) is 0. The maximum Gasteiger partial charge on any atom is 0.356 e. The summed E-state index contributed by atoms with van der Waals surface area (Å²) >= 11 is -0.0384. The van der Waals surface area contributed by atoms with Crippen LogP contribution in [0.5, 0.6) is 0 Å². The number of aromatic nitrogens is 2. The van der Waals surface area contributed by atoms with Crippen LogP contribution in [-0.2, 0) is 4.74 Å². The first kappa shape index (κ1) is 10.9. The van der Waals surface area contributed by atoms with Gasteiger partial charge in [0.2, 0.25) is 0 Å². The SMILES string of the molecule is CCOC(=O)c1cc2ncccc2n1SF. The molecule has 0 fully saturated rings. The third-order valence-electron chi connectivity index (χ3n) is 2.08. The van der Waals surface area contributed by atoms with E-state index in [1.807, 2.05) is 0 Å². The Morgan fingerprint density at radius 2 is 2.50 bits per heavy atom. The average Bonchev–Trinajstić information content (AvgIpc) is 2.67. The van der Waals surface area contributed by atoms with E-state index in [0.717, 1.165) is 0 Å². The van der Waals surface area contributed by atoms with Gasteiger partial charge in [0.05, 0.1) is 17.6 Å². The van der Waals surface area contributed by atoms with Crippen LogP contribution in [0.15, 0.2) is 24.4 Å². The Balaban J connectivity index is 2.56. The maximum absolute atomic E-state index is 12.8. The molecule has 0 aromatic carbocycles. The van der Waals surface area contributed by atoms with Gasteiger partial charge >= 0.3 is 5.97 Å². The highest BCUT2D eigenvalue weighted by atomic mass is 32.2. The van der Waals surface area contributed by atoms with Crippen molar-refractivity contribution in [2.75, 3.05) is 6.61 Å². The second kappa shape index (κ2) is 4.52. The third-order valence-corrected chi connectivity index (χ3v) is 2.61. The van der Waals surface area contributed by atoms with Crippen molar-refractivity contribution >= 4 is 29.3 Å². The largest absolute Gasteiger partial charge is 0.461 e. The lowest BCUT2D eigenvalue weighted by molar-refractivity contribution is 0.0519. The lowest BCUT2D eigenvalue weighted by Crippen LogP contribution is -2.08. The van der Waals surface area contributed by atoms with Crippen LogP contribution in [0, 0.1) is 0 Å². The standard InChI is InChI=1S/C10H9FN2O2S/c1-2-15-10(14)9-6-7-8(13(9)16-11)4-3-5-12-7/h3-6H,2H2,1H3. The minimum atomic E-state index is -0.550. The van der Waals surface area contributed by atoms with E-state index in [1.165, 1.54) is 10.0 Å². The van der Waals surface area contributed by atoms with Crippen LogP contribution in [0.25, 0.3) is 11.0 Å². The van der Waals surface area contributed by atoms with Gasteiger partial charge in [0, 0.05) is 6.20 Å². The zero-order chi connectivity index (χ0) is 11.5. The summed E-state index contributed by atoms with van der Waals surface area (Å²) in [7, 11) is 0. The maximum atomic E-state index is 12.8. The van der Waals surface area contributed by atoms with Gasteiger partial charge in [0.1, 0.15) is 5.69 Å². The Kier molecular flexibility index (Phi) is 3.09. The molecule has 0 aliphatic carbocycles. The number of halogens is 1. The highest BCUT2D eigenvalue weighted by Crippen LogP contribution is 2.24. The van der Waals surface area contributed by atoms with E-state index in [9.17, 15) is 8.68 Å². The van der Waals surface area contributed by atoms with Crippen molar-refractivity contribution in [1.82, 2.24) is 8.96 Å². The molecule has 0 aliphatic heterocycles. The fourth-order valence-electron chi connectivity index (χ4n) is 1.43. The molecular formula is C10H9FN2O2S. The second-order valence-corrected chi connectivity index (χ2v) is 3.52. The number of carbonyl (C=O) groups is 1. The number of carbonyl (C=O) groups excluding carboxylic acids is 1. The number of hydrogen-bond acceptors (Lipinski definition) is 4. The Morgan fingerprint density at radius 1 is 1.69 bits per heavy atom. The van der Waals surface area contributed by atoms with E-state index >= 15 is 0 Å². The summed E-state index contributed by atoms with van der Waals surface area (Å²) in [6, 6.07) is 4.89. The molecule has 0 amide bonds. The van der Waals surface area contributed by atoms with Crippen LogP contribution in [0.1, 0.15) is 17.4 Å². The number of nitrogens with zero attached hydrogens (tertiary/aromatic N) is 2. The topological polar surface area (TPSA) is 44.1 Å². The molecule has 0 atom stereocenters. The van der Waals surface area contributed by atoms with E-state index < -0.39 is 5.97 Å². The fourth-order valence-corrected chi connectivity index (χ4v) is 1.86. The van der Waals surface area contributed by atoms with Crippen molar-refractivity contribution in [3.63, 3.8) is 0 Å². The van der Waals surface area contributed by atoms with Gasteiger partial charge in [0.25, 0.3) is 0 Å². The van der Waals surface area contributed by atoms with Gasteiger partial charge in [0.15, 0.2) is 12.3 Å². The number of esters is 1. The summed E-state index contributed by atoms with van der Waals surface area (Å²) in [6.07, 6.45) is 1.59. The quantitative estimate of drug-likeness (QED) is 0.773. The molecule has 16 heavy (non-hydrogen) atoms. The molecule has 4 nitrogen and oxygen atoms in total. The Hall–Kier alpha value is -1.56. The van der Waals surface area contributed by atoms with Crippen LogP contribution in [-0.4, -0.2) is 21.5 Å². The van der Waals surface area contributed by atoms with Gasteiger partial charge in [-0.1, -0.05) is 0 Å². The lowest BCUT2D eigenvalue weighted by Gasteiger charge is -2.02. The minimum absolute atomic E-state index is 0.0384. The summed E-state index contributed by atoms with van der Waals surface area (Å²) in [5, 5.41) is 0. The van der Waals surface area contributed by atoms with E-state index in [4.69, 9.17) is 4.74 Å². The summed E-state index contributed by atoms with van der Waals surface area (Å²) < 4.78 is 18.8.